The number of methoxy groups -OCH3 is 1. The monoisotopic (exact) mass is 368 g/mol. The van der Waals surface area contributed by atoms with Gasteiger partial charge in [-0.05, 0) is 30.2 Å². The summed E-state index contributed by atoms with van der Waals surface area (Å²) in [6, 6.07) is 14.6. The highest BCUT2D eigenvalue weighted by atomic mass is 16.5. The van der Waals surface area contributed by atoms with Crippen LogP contribution in [0.1, 0.15) is 16.7 Å². The minimum atomic E-state index is 0.550. The van der Waals surface area contributed by atoms with Crippen molar-refractivity contribution >= 4 is 0 Å². The van der Waals surface area contributed by atoms with E-state index in [0.29, 0.717) is 13.2 Å². The van der Waals surface area contributed by atoms with Gasteiger partial charge < -0.3 is 19.1 Å². The van der Waals surface area contributed by atoms with Crippen molar-refractivity contribution in [3.8, 4) is 11.5 Å². The van der Waals surface area contributed by atoms with Gasteiger partial charge in [0.2, 0.25) is 0 Å². The van der Waals surface area contributed by atoms with Gasteiger partial charge >= 0.3 is 0 Å². The van der Waals surface area contributed by atoms with Crippen LogP contribution in [0.3, 0.4) is 0 Å². The van der Waals surface area contributed by atoms with Gasteiger partial charge in [-0.25, -0.2) is 0 Å². The molecule has 0 radical (unpaired) electrons. The lowest BCUT2D eigenvalue weighted by molar-refractivity contribution is -0.916. The maximum absolute atomic E-state index is 5.89. The summed E-state index contributed by atoms with van der Waals surface area (Å²) in [5.74, 6) is 1.71. The van der Waals surface area contributed by atoms with Gasteiger partial charge in [0.25, 0.3) is 0 Å². The van der Waals surface area contributed by atoms with Gasteiger partial charge in [-0.15, -0.1) is 6.58 Å². The van der Waals surface area contributed by atoms with Crippen molar-refractivity contribution in [1.29, 1.82) is 0 Å². The molecular formula is C23H30NO3+. The lowest BCUT2D eigenvalue weighted by Crippen LogP contribution is -3.12. The van der Waals surface area contributed by atoms with E-state index in [9.17, 15) is 0 Å². The summed E-state index contributed by atoms with van der Waals surface area (Å²) in [7, 11) is 1.67. The Morgan fingerprint density at radius 1 is 1.07 bits per heavy atom. The molecule has 0 aromatic heterocycles. The van der Waals surface area contributed by atoms with Crippen LogP contribution in [0, 0.1) is 0 Å². The van der Waals surface area contributed by atoms with Crippen molar-refractivity contribution in [3.05, 3.63) is 71.8 Å². The van der Waals surface area contributed by atoms with Crippen molar-refractivity contribution in [2.45, 2.75) is 19.4 Å². The third kappa shape index (κ3) is 5.59. The minimum absolute atomic E-state index is 0.550. The molecule has 4 nitrogen and oxygen atoms in total. The Labute approximate surface area is 162 Å². The minimum Gasteiger partial charge on any atom is -0.497 e. The van der Waals surface area contributed by atoms with Crippen LogP contribution in [0.15, 0.2) is 55.1 Å². The van der Waals surface area contributed by atoms with Gasteiger partial charge in [0.05, 0.1) is 26.9 Å². The topological polar surface area (TPSA) is 32.1 Å². The zero-order valence-electron chi connectivity index (χ0n) is 16.2. The average molecular weight is 368 g/mol. The number of quaternary nitrogens is 1. The first-order valence-electron chi connectivity index (χ1n) is 9.69. The molecule has 1 atom stereocenters. The molecule has 1 N–H and O–H groups in total. The quantitative estimate of drug-likeness (QED) is 0.516. The van der Waals surface area contributed by atoms with E-state index in [4.69, 9.17) is 14.2 Å². The summed E-state index contributed by atoms with van der Waals surface area (Å²) in [6.45, 7) is 9.06. The van der Waals surface area contributed by atoms with Crippen LogP contribution >= 0.6 is 0 Å². The summed E-state index contributed by atoms with van der Waals surface area (Å²) in [5, 5.41) is 0. The van der Waals surface area contributed by atoms with Crippen molar-refractivity contribution in [1.82, 2.24) is 0 Å². The average Bonchev–Trinajstić information content (AvgIpc) is 2.71. The van der Waals surface area contributed by atoms with E-state index in [1.54, 1.807) is 12.0 Å². The number of rotatable bonds is 10. The number of benzene rings is 2. The molecule has 0 spiro atoms. The predicted octanol–water partition coefficient (Wildman–Crippen LogP) is 2.46. The number of hydrogen-bond acceptors (Lipinski definition) is 3. The summed E-state index contributed by atoms with van der Waals surface area (Å²) < 4.78 is 17.0. The molecule has 1 unspecified atom stereocenters. The molecule has 0 aliphatic carbocycles. The summed E-state index contributed by atoms with van der Waals surface area (Å²) in [4.78, 5) is 1.60. The Morgan fingerprint density at radius 2 is 1.93 bits per heavy atom. The number of ether oxygens (including phenoxy) is 3. The van der Waals surface area contributed by atoms with Crippen molar-refractivity contribution in [2.75, 3.05) is 40.0 Å². The SMILES string of the molecule is C=CCc1cc(OC)ccc1OCCOCC[NH+]1CCc2ccccc2C1. The van der Waals surface area contributed by atoms with Gasteiger partial charge in [0.15, 0.2) is 0 Å². The van der Waals surface area contributed by atoms with E-state index in [2.05, 4.69) is 30.8 Å². The second kappa shape index (κ2) is 10.1. The molecule has 1 aliphatic rings. The molecular weight excluding hydrogens is 338 g/mol. The standard InChI is InChI=1S/C23H29NO3/c1-3-6-20-17-22(25-2)9-10-23(20)27-16-15-26-14-13-24-12-11-19-7-4-5-8-21(19)18-24/h3-5,7-10,17H,1,6,11-16,18H2,2H3/p+1. The summed E-state index contributed by atoms with van der Waals surface area (Å²) >= 11 is 0. The zero-order valence-corrected chi connectivity index (χ0v) is 16.2. The van der Waals surface area contributed by atoms with E-state index in [-0.39, 0.29) is 0 Å². The number of fused-ring (bicyclic) bond motifs is 1. The molecule has 0 amide bonds. The Kier molecular flexibility index (Phi) is 7.31. The van der Waals surface area contributed by atoms with Gasteiger partial charge in [-0.3, -0.25) is 0 Å². The Morgan fingerprint density at radius 3 is 2.74 bits per heavy atom. The normalized spacial score (nSPS) is 15.8. The first-order chi connectivity index (χ1) is 13.3. The van der Waals surface area contributed by atoms with Crippen LogP contribution in [0.4, 0.5) is 0 Å². The largest absolute Gasteiger partial charge is 0.497 e. The van der Waals surface area contributed by atoms with Crippen LogP contribution in [-0.2, 0) is 24.1 Å². The van der Waals surface area contributed by atoms with Crippen molar-refractivity contribution in [2.24, 2.45) is 0 Å². The molecule has 0 saturated carbocycles. The second-order valence-electron chi connectivity index (χ2n) is 6.87. The molecule has 0 saturated heterocycles. The van der Waals surface area contributed by atoms with Crippen LogP contribution < -0.4 is 14.4 Å². The Balaban J connectivity index is 1.36. The van der Waals surface area contributed by atoms with Gasteiger partial charge in [0, 0.05) is 17.5 Å². The van der Waals surface area contributed by atoms with Gasteiger partial charge in [0.1, 0.15) is 31.2 Å². The highest BCUT2D eigenvalue weighted by Gasteiger charge is 2.18. The summed E-state index contributed by atoms with van der Waals surface area (Å²) in [5.41, 5.74) is 4.07. The fraction of sp³-hybridized carbons (Fsp3) is 0.391. The van der Waals surface area contributed by atoms with Crippen LogP contribution in [-0.4, -0.2) is 40.0 Å². The van der Waals surface area contributed by atoms with Crippen LogP contribution in [0.2, 0.25) is 0 Å². The van der Waals surface area contributed by atoms with Gasteiger partial charge in [-0.2, -0.15) is 0 Å². The molecule has 2 aromatic rings. The maximum Gasteiger partial charge on any atom is 0.123 e. The molecule has 4 heteroatoms. The first kappa shape index (κ1) is 19.5. The van der Waals surface area contributed by atoms with E-state index < -0.39 is 0 Å². The van der Waals surface area contributed by atoms with Crippen molar-refractivity contribution in [3.63, 3.8) is 0 Å². The van der Waals surface area contributed by atoms with E-state index in [1.807, 2.05) is 24.3 Å². The molecule has 1 heterocycles. The van der Waals surface area contributed by atoms with E-state index in [0.717, 1.165) is 49.6 Å². The molecule has 3 rings (SSSR count). The summed E-state index contributed by atoms with van der Waals surface area (Å²) in [6.07, 6.45) is 3.79. The lowest BCUT2D eigenvalue weighted by Gasteiger charge is -2.25. The fourth-order valence-electron chi connectivity index (χ4n) is 3.52. The maximum atomic E-state index is 5.89. The molecule has 1 aliphatic heterocycles. The first-order valence-corrected chi connectivity index (χ1v) is 9.69. The predicted molar refractivity (Wildman–Crippen MR) is 108 cm³/mol. The molecule has 27 heavy (non-hydrogen) atoms. The Hall–Kier alpha value is -2.30. The zero-order chi connectivity index (χ0) is 18.9. The molecule has 0 bridgehead atoms. The van der Waals surface area contributed by atoms with Gasteiger partial charge in [-0.1, -0.05) is 30.3 Å². The van der Waals surface area contributed by atoms with Crippen LogP contribution in [0.25, 0.3) is 0 Å². The van der Waals surface area contributed by atoms with E-state index >= 15 is 0 Å². The fourth-order valence-corrected chi connectivity index (χ4v) is 3.52. The number of allylic oxidation sites excluding steroid dienone is 1. The molecule has 0 fully saturated rings. The molecule has 144 valence electrons. The van der Waals surface area contributed by atoms with E-state index in [1.165, 1.54) is 17.7 Å². The van der Waals surface area contributed by atoms with Crippen molar-refractivity contribution < 1.29 is 19.1 Å². The highest BCUT2D eigenvalue weighted by Crippen LogP contribution is 2.24. The lowest BCUT2D eigenvalue weighted by atomic mass is 10.0. The third-order valence-corrected chi connectivity index (χ3v) is 5.02. The third-order valence-electron chi connectivity index (χ3n) is 5.02. The second-order valence-corrected chi connectivity index (χ2v) is 6.87. The number of nitrogens with one attached hydrogen (secondary N) is 1. The smallest absolute Gasteiger partial charge is 0.123 e. The number of hydrogen-bond donors (Lipinski definition) is 1. The molecule has 2 aromatic carbocycles. The highest BCUT2D eigenvalue weighted by molar-refractivity contribution is 5.41. The Bertz CT molecular complexity index is 744. The van der Waals surface area contributed by atoms with Crippen LogP contribution in [0.5, 0.6) is 11.5 Å².